The second-order valence-corrected chi connectivity index (χ2v) is 4.27. The Hall–Kier alpha value is -1.90. The second kappa shape index (κ2) is 5.83. The summed E-state index contributed by atoms with van der Waals surface area (Å²) in [6.45, 7) is 4.74. The summed E-state index contributed by atoms with van der Waals surface area (Å²) in [5.74, 6) is -2.88. The van der Waals surface area contributed by atoms with Crippen molar-refractivity contribution < 1.29 is 27.5 Å². The van der Waals surface area contributed by atoms with Crippen LogP contribution in [0.2, 0.25) is 0 Å². The molecule has 1 rings (SSSR count). The predicted molar refractivity (Wildman–Crippen MR) is 62.0 cm³/mol. The summed E-state index contributed by atoms with van der Waals surface area (Å²) in [7, 11) is 0. The molecule has 0 atom stereocenters. The molecule has 0 fully saturated rings. The Labute approximate surface area is 110 Å². The van der Waals surface area contributed by atoms with E-state index in [1.54, 1.807) is 5.32 Å². The summed E-state index contributed by atoms with van der Waals surface area (Å²) in [4.78, 5) is 25.9. The number of halogens is 3. The van der Waals surface area contributed by atoms with Crippen LogP contribution in [-0.4, -0.2) is 29.6 Å². The quantitative estimate of drug-likeness (QED) is 0.683. The van der Waals surface area contributed by atoms with Crippen molar-refractivity contribution in [3.05, 3.63) is 23.2 Å². The number of anilines is 1. The molecule has 1 aromatic heterocycles. The fraction of sp³-hybridized carbons (Fsp3) is 0.300. The van der Waals surface area contributed by atoms with Gasteiger partial charge in [-0.1, -0.05) is 24.0 Å². The normalized spacial score (nSPS) is 10.9. The Morgan fingerprint density at radius 2 is 2.16 bits per heavy atom. The highest BCUT2D eigenvalue weighted by Crippen LogP contribution is 2.25. The molecule has 0 spiro atoms. The molecule has 9 heteroatoms. The van der Waals surface area contributed by atoms with Crippen molar-refractivity contribution >= 4 is 28.3 Å². The van der Waals surface area contributed by atoms with E-state index in [9.17, 15) is 22.8 Å². The number of aryl methyl sites for hydroxylation is 1. The third kappa shape index (κ3) is 4.05. The number of thiazole rings is 1. The number of nitrogens with one attached hydrogen (secondary N) is 1. The number of ether oxygens (including phenoxy) is 1. The molecule has 1 heterocycles. The third-order valence-corrected chi connectivity index (χ3v) is 2.85. The summed E-state index contributed by atoms with van der Waals surface area (Å²) in [6.07, 6.45) is -3.66. The zero-order chi connectivity index (χ0) is 14.6. The molecule has 5 nitrogen and oxygen atoms in total. The van der Waals surface area contributed by atoms with Crippen LogP contribution in [0.3, 0.4) is 0 Å². The molecule has 0 saturated carbocycles. The molecule has 0 aliphatic carbocycles. The van der Waals surface area contributed by atoms with E-state index in [1.807, 2.05) is 0 Å². The first-order valence-corrected chi connectivity index (χ1v) is 5.71. The number of nitrogens with zero attached hydrogens (tertiary/aromatic N) is 1. The van der Waals surface area contributed by atoms with Gasteiger partial charge < -0.3 is 4.74 Å². The number of esters is 1. The van der Waals surface area contributed by atoms with Crippen LogP contribution in [0.5, 0.6) is 0 Å². The van der Waals surface area contributed by atoms with Crippen molar-refractivity contribution in [1.82, 2.24) is 4.98 Å². The average Bonchev–Trinajstić information content (AvgIpc) is 2.66. The number of aromatic nitrogens is 1. The molecule has 1 N–H and O–H groups in total. The molecule has 104 valence electrons. The van der Waals surface area contributed by atoms with E-state index in [-0.39, 0.29) is 22.3 Å². The standard InChI is InChI=1S/C10H9F3N2O3S/c1-3-4-18-7(16)6-5(2)14-9(19-6)15-8(17)10(11,12)13/h3H,1,4H2,2H3,(H,14,15,17). The monoisotopic (exact) mass is 294 g/mol. The Balaban J connectivity index is 2.82. The molecule has 0 aliphatic rings. The van der Waals surface area contributed by atoms with Crippen LogP contribution in [0.1, 0.15) is 15.4 Å². The highest BCUT2D eigenvalue weighted by Gasteiger charge is 2.39. The Bertz CT molecular complexity index is 511. The zero-order valence-corrected chi connectivity index (χ0v) is 10.5. The minimum atomic E-state index is -5.01. The fourth-order valence-electron chi connectivity index (χ4n) is 1.01. The lowest BCUT2D eigenvalue weighted by Crippen LogP contribution is -2.29. The van der Waals surface area contributed by atoms with Gasteiger partial charge in [0, 0.05) is 0 Å². The Morgan fingerprint density at radius 3 is 2.68 bits per heavy atom. The van der Waals surface area contributed by atoms with Crippen molar-refractivity contribution in [3.8, 4) is 0 Å². The van der Waals surface area contributed by atoms with Crippen molar-refractivity contribution in [1.29, 1.82) is 0 Å². The van der Waals surface area contributed by atoms with Gasteiger partial charge in [0.05, 0.1) is 5.69 Å². The van der Waals surface area contributed by atoms with Crippen molar-refractivity contribution in [2.45, 2.75) is 13.1 Å². The molecule has 0 radical (unpaired) electrons. The summed E-state index contributed by atoms with van der Waals surface area (Å²) >= 11 is 0.611. The number of hydrogen-bond donors (Lipinski definition) is 1. The topological polar surface area (TPSA) is 68.3 Å². The van der Waals surface area contributed by atoms with E-state index in [0.717, 1.165) is 0 Å². The molecule has 1 aromatic rings. The van der Waals surface area contributed by atoms with Gasteiger partial charge in [0.15, 0.2) is 5.13 Å². The van der Waals surface area contributed by atoms with Gasteiger partial charge in [-0.15, -0.1) is 0 Å². The minimum absolute atomic E-state index is 0.0272. The summed E-state index contributed by atoms with van der Waals surface area (Å²) < 4.78 is 40.8. The first kappa shape index (κ1) is 15.2. The van der Waals surface area contributed by atoms with E-state index < -0.39 is 18.1 Å². The smallest absolute Gasteiger partial charge is 0.457 e. The first-order chi connectivity index (χ1) is 8.75. The van der Waals surface area contributed by atoms with E-state index in [1.165, 1.54) is 13.0 Å². The summed E-state index contributed by atoms with van der Waals surface area (Å²) in [5.41, 5.74) is 0.177. The fourth-order valence-corrected chi connectivity index (χ4v) is 1.86. The van der Waals surface area contributed by atoms with Gasteiger partial charge in [-0.2, -0.15) is 13.2 Å². The largest absolute Gasteiger partial charge is 0.471 e. The van der Waals surface area contributed by atoms with Crippen LogP contribution >= 0.6 is 11.3 Å². The lowest BCUT2D eigenvalue weighted by molar-refractivity contribution is -0.167. The Kier molecular flexibility index (Phi) is 4.65. The molecule has 0 unspecified atom stereocenters. The van der Waals surface area contributed by atoms with Gasteiger partial charge in [-0.25, -0.2) is 9.78 Å². The van der Waals surface area contributed by atoms with Crippen molar-refractivity contribution in [2.24, 2.45) is 0 Å². The summed E-state index contributed by atoms with van der Waals surface area (Å²) in [6, 6.07) is 0. The SMILES string of the molecule is C=CCOC(=O)c1sc(NC(=O)C(F)(F)F)nc1C. The van der Waals surface area contributed by atoms with Gasteiger partial charge >= 0.3 is 18.1 Å². The molecule has 1 amide bonds. The number of amides is 1. The average molecular weight is 294 g/mol. The molecule has 0 aliphatic heterocycles. The number of carbonyl (C=O) groups excluding carboxylic acids is 2. The maximum Gasteiger partial charge on any atom is 0.471 e. The summed E-state index contributed by atoms with van der Waals surface area (Å²) in [5, 5.41) is 1.26. The molecular formula is C10H9F3N2O3S. The number of carbonyl (C=O) groups is 2. The van der Waals surface area contributed by atoms with E-state index in [4.69, 9.17) is 4.74 Å². The van der Waals surface area contributed by atoms with Gasteiger partial charge in [-0.05, 0) is 6.92 Å². The van der Waals surface area contributed by atoms with Gasteiger partial charge in [-0.3, -0.25) is 10.1 Å². The van der Waals surface area contributed by atoms with Crippen molar-refractivity contribution in [2.75, 3.05) is 11.9 Å². The second-order valence-electron chi connectivity index (χ2n) is 3.27. The highest BCUT2D eigenvalue weighted by atomic mass is 32.1. The van der Waals surface area contributed by atoms with Crippen LogP contribution in [-0.2, 0) is 9.53 Å². The minimum Gasteiger partial charge on any atom is -0.457 e. The molecule has 0 saturated heterocycles. The van der Waals surface area contributed by atoms with Crippen molar-refractivity contribution in [3.63, 3.8) is 0 Å². The maximum atomic E-state index is 12.0. The maximum absolute atomic E-state index is 12.0. The van der Waals surface area contributed by atoms with Crippen LogP contribution in [0.4, 0.5) is 18.3 Å². The zero-order valence-electron chi connectivity index (χ0n) is 9.71. The van der Waals surface area contributed by atoms with Crippen LogP contribution in [0, 0.1) is 6.92 Å². The number of alkyl halides is 3. The van der Waals surface area contributed by atoms with Gasteiger partial charge in [0.2, 0.25) is 0 Å². The number of rotatable bonds is 4. The lowest BCUT2D eigenvalue weighted by Gasteiger charge is -2.04. The molecular weight excluding hydrogens is 285 g/mol. The van der Waals surface area contributed by atoms with Crippen LogP contribution in [0.15, 0.2) is 12.7 Å². The molecule has 0 aromatic carbocycles. The predicted octanol–water partition coefficient (Wildman–Crippen LogP) is 2.30. The van der Waals surface area contributed by atoms with E-state index >= 15 is 0 Å². The number of hydrogen-bond acceptors (Lipinski definition) is 5. The van der Waals surface area contributed by atoms with Crippen LogP contribution in [0.25, 0.3) is 0 Å². The molecule has 19 heavy (non-hydrogen) atoms. The lowest BCUT2D eigenvalue weighted by atomic mass is 10.4. The van der Waals surface area contributed by atoms with E-state index in [2.05, 4.69) is 11.6 Å². The van der Waals surface area contributed by atoms with Crippen LogP contribution < -0.4 is 5.32 Å². The Morgan fingerprint density at radius 1 is 1.53 bits per heavy atom. The third-order valence-electron chi connectivity index (χ3n) is 1.79. The van der Waals surface area contributed by atoms with Gasteiger partial charge in [0.1, 0.15) is 11.5 Å². The van der Waals surface area contributed by atoms with Gasteiger partial charge in [0.25, 0.3) is 0 Å². The van der Waals surface area contributed by atoms with E-state index in [0.29, 0.717) is 11.3 Å². The molecule has 0 bridgehead atoms. The first-order valence-electron chi connectivity index (χ1n) is 4.89. The highest BCUT2D eigenvalue weighted by molar-refractivity contribution is 7.17.